The Morgan fingerprint density at radius 1 is 1.22 bits per heavy atom. The SMILES string of the molecule is COc1cc(Cl)ccc1NC(=O)CCc1ccc2c(c1)C(=O)N(C1CCC(=O)NC1=O)C2. The van der Waals surface area contributed by atoms with Gasteiger partial charge in [0.15, 0.2) is 0 Å². The zero-order valence-corrected chi connectivity index (χ0v) is 18.2. The summed E-state index contributed by atoms with van der Waals surface area (Å²) in [7, 11) is 1.50. The summed E-state index contributed by atoms with van der Waals surface area (Å²) in [5, 5.41) is 5.61. The van der Waals surface area contributed by atoms with Crippen LogP contribution < -0.4 is 15.4 Å². The third-order valence-corrected chi connectivity index (χ3v) is 5.91. The maximum absolute atomic E-state index is 12.9. The summed E-state index contributed by atoms with van der Waals surface area (Å²) in [5.74, 6) is -0.694. The van der Waals surface area contributed by atoms with Gasteiger partial charge in [0.1, 0.15) is 11.8 Å². The van der Waals surface area contributed by atoms with Gasteiger partial charge in [0, 0.05) is 36.0 Å². The van der Waals surface area contributed by atoms with Gasteiger partial charge >= 0.3 is 0 Å². The van der Waals surface area contributed by atoms with Crippen molar-refractivity contribution in [1.82, 2.24) is 10.2 Å². The smallest absolute Gasteiger partial charge is 0.255 e. The second-order valence-corrected chi connectivity index (χ2v) is 8.22. The number of benzene rings is 2. The van der Waals surface area contributed by atoms with Crippen molar-refractivity contribution >= 4 is 40.9 Å². The lowest BCUT2D eigenvalue weighted by atomic mass is 10.0. The number of carbonyl (C=O) groups is 4. The average Bonchev–Trinajstić information content (AvgIpc) is 3.09. The molecule has 9 heteroatoms. The number of nitrogens with zero attached hydrogens (tertiary/aromatic N) is 1. The monoisotopic (exact) mass is 455 g/mol. The Morgan fingerprint density at radius 2 is 2.03 bits per heavy atom. The van der Waals surface area contributed by atoms with Gasteiger partial charge in [-0.2, -0.15) is 0 Å². The molecule has 2 aromatic carbocycles. The van der Waals surface area contributed by atoms with Crippen LogP contribution in [0, 0.1) is 0 Å². The number of hydrogen-bond acceptors (Lipinski definition) is 5. The molecule has 2 aromatic rings. The van der Waals surface area contributed by atoms with Crippen molar-refractivity contribution in [2.24, 2.45) is 0 Å². The molecule has 1 unspecified atom stereocenters. The molecule has 2 aliphatic heterocycles. The third kappa shape index (κ3) is 4.45. The summed E-state index contributed by atoms with van der Waals surface area (Å²) in [5.41, 5.74) is 2.75. The fraction of sp³-hybridized carbons (Fsp3) is 0.304. The molecule has 2 aliphatic rings. The first-order valence-corrected chi connectivity index (χ1v) is 10.6. The second-order valence-electron chi connectivity index (χ2n) is 7.78. The second kappa shape index (κ2) is 9.00. The predicted octanol–water partition coefficient (Wildman–Crippen LogP) is 2.68. The van der Waals surface area contributed by atoms with Crippen LogP contribution in [-0.4, -0.2) is 41.7 Å². The first-order chi connectivity index (χ1) is 15.4. The molecule has 0 radical (unpaired) electrons. The zero-order valence-electron chi connectivity index (χ0n) is 17.4. The number of methoxy groups -OCH3 is 1. The summed E-state index contributed by atoms with van der Waals surface area (Å²) in [6.07, 6.45) is 1.21. The largest absolute Gasteiger partial charge is 0.495 e. The van der Waals surface area contributed by atoms with Crippen molar-refractivity contribution in [2.75, 3.05) is 12.4 Å². The molecule has 4 rings (SSSR count). The molecule has 0 aliphatic carbocycles. The fourth-order valence-corrected chi connectivity index (χ4v) is 4.16. The van der Waals surface area contributed by atoms with E-state index in [9.17, 15) is 19.2 Å². The molecule has 1 saturated heterocycles. The van der Waals surface area contributed by atoms with E-state index in [1.165, 1.54) is 12.0 Å². The molecular weight excluding hydrogens is 434 g/mol. The minimum Gasteiger partial charge on any atom is -0.495 e. The third-order valence-electron chi connectivity index (χ3n) is 5.67. The molecule has 1 fully saturated rings. The molecule has 166 valence electrons. The topological polar surface area (TPSA) is 105 Å². The van der Waals surface area contributed by atoms with Crippen LogP contribution in [0.2, 0.25) is 5.02 Å². The summed E-state index contributed by atoms with van der Waals surface area (Å²) in [4.78, 5) is 50.4. The van der Waals surface area contributed by atoms with Gasteiger partial charge in [-0.05, 0) is 42.2 Å². The van der Waals surface area contributed by atoms with Gasteiger partial charge in [-0.15, -0.1) is 0 Å². The highest BCUT2D eigenvalue weighted by atomic mass is 35.5. The van der Waals surface area contributed by atoms with E-state index in [1.54, 1.807) is 24.3 Å². The standard InChI is InChI=1S/C23H22ClN3O5/c1-32-19-11-15(24)5-6-17(19)25-20(28)8-3-13-2-4-14-12-27(23(31)16(14)10-13)18-7-9-21(29)26-22(18)30/h2,4-6,10-11,18H,3,7-9,12H2,1H3,(H,25,28)(H,26,29,30). The number of fused-ring (bicyclic) bond motifs is 1. The van der Waals surface area contributed by atoms with E-state index in [4.69, 9.17) is 16.3 Å². The van der Waals surface area contributed by atoms with Crippen LogP contribution in [0.15, 0.2) is 36.4 Å². The average molecular weight is 456 g/mol. The lowest BCUT2D eigenvalue weighted by molar-refractivity contribution is -0.137. The summed E-state index contributed by atoms with van der Waals surface area (Å²) >= 11 is 5.94. The number of halogens is 1. The van der Waals surface area contributed by atoms with Gasteiger partial charge in [0.25, 0.3) is 5.91 Å². The number of imide groups is 1. The van der Waals surface area contributed by atoms with Crippen molar-refractivity contribution in [3.8, 4) is 5.75 Å². The Kier molecular flexibility index (Phi) is 6.14. The minimum atomic E-state index is -0.642. The summed E-state index contributed by atoms with van der Waals surface area (Å²) in [6.45, 7) is 0.331. The number of ether oxygens (including phenoxy) is 1. The first-order valence-electron chi connectivity index (χ1n) is 10.3. The first kappa shape index (κ1) is 21.8. The van der Waals surface area contributed by atoms with E-state index >= 15 is 0 Å². The van der Waals surface area contributed by atoms with Crippen LogP contribution in [0.3, 0.4) is 0 Å². The molecule has 0 saturated carbocycles. The van der Waals surface area contributed by atoms with Crippen molar-refractivity contribution in [3.05, 3.63) is 58.1 Å². The Morgan fingerprint density at radius 3 is 2.78 bits per heavy atom. The minimum absolute atomic E-state index is 0.192. The van der Waals surface area contributed by atoms with Crippen LogP contribution in [0.5, 0.6) is 5.75 Å². The number of rotatable bonds is 6. The Hall–Kier alpha value is -3.39. The lowest BCUT2D eigenvalue weighted by Crippen LogP contribution is -2.52. The maximum atomic E-state index is 12.9. The van der Waals surface area contributed by atoms with E-state index < -0.39 is 11.9 Å². The van der Waals surface area contributed by atoms with Crippen LogP contribution in [0.25, 0.3) is 0 Å². The van der Waals surface area contributed by atoms with Crippen LogP contribution in [0.1, 0.15) is 40.7 Å². The van der Waals surface area contributed by atoms with Gasteiger partial charge in [-0.3, -0.25) is 24.5 Å². The van der Waals surface area contributed by atoms with Crippen LogP contribution in [0.4, 0.5) is 5.69 Å². The van der Waals surface area contributed by atoms with Gasteiger partial charge < -0.3 is 15.0 Å². The number of nitrogens with one attached hydrogen (secondary N) is 2. The van der Waals surface area contributed by atoms with E-state index in [0.29, 0.717) is 41.4 Å². The van der Waals surface area contributed by atoms with Gasteiger partial charge in [0.2, 0.25) is 17.7 Å². The Labute approximate surface area is 189 Å². The van der Waals surface area contributed by atoms with Crippen LogP contribution in [-0.2, 0) is 27.3 Å². The van der Waals surface area contributed by atoms with Gasteiger partial charge in [-0.1, -0.05) is 23.7 Å². The van der Waals surface area contributed by atoms with E-state index in [0.717, 1.165) is 11.1 Å². The molecule has 8 nitrogen and oxygen atoms in total. The fourth-order valence-electron chi connectivity index (χ4n) is 4.00. The lowest BCUT2D eigenvalue weighted by Gasteiger charge is -2.29. The molecule has 32 heavy (non-hydrogen) atoms. The predicted molar refractivity (Wildman–Crippen MR) is 117 cm³/mol. The van der Waals surface area contributed by atoms with Crippen LogP contribution >= 0.6 is 11.6 Å². The Bertz CT molecular complexity index is 1120. The van der Waals surface area contributed by atoms with E-state index in [-0.39, 0.29) is 30.6 Å². The molecule has 2 heterocycles. The molecule has 0 bridgehead atoms. The highest BCUT2D eigenvalue weighted by Gasteiger charge is 2.39. The maximum Gasteiger partial charge on any atom is 0.255 e. The van der Waals surface area contributed by atoms with Crippen molar-refractivity contribution in [2.45, 2.75) is 38.3 Å². The number of piperidine rings is 1. The van der Waals surface area contributed by atoms with Crippen molar-refractivity contribution in [3.63, 3.8) is 0 Å². The molecule has 0 aromatic heterocycles. The molecular formula is C23H22ClN3O5. The highest BCUT2D eigenvalue weighted by molar-refractivity contribution is 6.30. The normalized spacial score (nSPS) is 17.8. The van der Waals surface area contributed by atoms with E-state index in [1.807, 2.05) is 12.1 Å². The molecule has 4 amide bonds. The molecule has 2 N–H and O–H groups in total. The van der Waals surface area contributed by atoms with Gasteiger partial charge in [-0.25, -0.2) is 0 Å². The number of carbonyl (C=O) groups excluding carboxylic acids is 4. The number of hydrogen-bond donors (Lipinski definition) is 2. The van der Waals surface area contributed by atoms with Crippen molar-refractivity contribution in [1.29, 1.82) is 0 Å². The van der Waals surface area contributed by atoms with Crippen molar-refractivity contribution < 1.29 is 23.9 Å². The number of anilines is 1. The molecule has 1 atom stereocenters. The van der Waals surface area contributed by atoms with E-state index in [2.05, 4.69) is 10.6 Å². The Balaban J connectivity index is 1.39. The summed E-state index contributed by atoms with van der Waals surface area (Å²) in [6, 6.07) is 9.84. The number of amides is 4. The highest BCUT2D eigenvalue weighted by Crippen LogP contribution is 2.29. The quantitative estimate of drug-likeness (QED) is 0.651. The zero-order chi connectivity index (χ0) is 22.8. The number of aryl methyl sites for hydroxylation is 1. The molecule has 0 spiro atoms. The van der Waals surface area contributed by atoms with Gasteiger partial charge in [0.05, 0.1) is 12.8 Å². The summed E-state index contributed by atoms with van der Waals surface area (Å²) < 4.78 is 5.24.